The zero-order valence-electron chi connectivity index (χ0n) is 10.7. The van der Waals surface area contributed by atoms with E-state index in [1.165, 1.54) is 18.2 Å². The number of nitrogens with one attached hydrogen (secondary N) is 1. The van der Waals surface area contributed by atoms with E-state index in [1.54, 1.807) is 0 Å². The third kappa shape index (κ3) is 3.42. The Bertz CT molecular complexity index is 467. The van der Waals surface area contributed by atoms with Gasteiger partial charge in [0.15, 0.2) is 0 Å². The fourth-order valence-electron chi connectivity index (χ4n) is 2.09. The number of hydrogen-bond acceptors (Lipinski definition) is 4. The van der Waals surface area contributed by atoms with Crippen LogP contribution in [0.2, 0.25) is 0 Å². The minimum Gasteiger partial charge on any atom is -0.478 e. The molecule has 1 aliphatic rings. The van der Waals surface area contributed by atoms with Crippen molar-refractivity contribution >= 4 is 11.7 Å². The van der Waals surface area contributed by atoms with Gasteiger partial charge >= 0.3 is 5.97 Å². The lowest BCUT2D eigenvalue weighted by Crippen LogP contribution is -2.43. The molecule has 0 spiro atoms. The Morgan fingerprint density at radius 1 is 1.63 bits per heavy atom. The minimum atomic E-state index is -1.15. The van der Waals surface area contributed by atoms with E-state index in [4.69, 9.17) is 9.84 Å². The van der Waals surface area contributed by atoms with Gasteiger partial charge in [-0.05, 0) is 19.2 Å². The van der Waals surface area contributed by atoms with Crippen LogP contribution in [0.3, 0.4) is 0 Å². The zero-order chi connectivity index (χ0) is 13.8. The number of benzene rings is 1. The molecule has 104 valence electrons. The number of ether oxygens (including phenoxy) is 1. The summed E-state index contributed by atoms with van der Waals surface area (Å²) in [5, 5.41) is 11.9. The number of carboxylic acid groups (broad SMARTS) is 1. The van der Waals surface area contributed by atoms with Crippen LogP contribution in [0.5, 0.6) is 0 Å². The first-order valence-corrected chi connectivity index (χ1v) is 6.13. The van der Waals surface area contributed by atoms with E-state index in [0.717, 1.165) is 13.1 Å². The number of para-hydroxylation sites is 1. The maximum Gasteiger partial charge on any atom is 0.337 e. The molecule has 1 atom stereocenters. The van der Waals surface area contributed by atoms with Crippen LogP contribution in [-0.4, -0.2) is 55.4 Å². The molecule has 0 aliphatic carbocycles. The Labute approximate surface area is 111 Å². The van der Waals surface area contributed by atoms with Crippen LogP contribution in [-0.2, 0) is 4.74 Å². The van der Waals surface area contributed by atoms with Gasteiger partial charge in [-0.15, -0.1) is 0 Å². The van der Waals surface area contributed by atoms with Crippen molar-refractivity contribution in [2.24, 2.45) is 0 Å². The van der Waals surface area contributed by atoms with Crippen LogP contribution in [0.25, 0.3) is 0 Å². The summed E-state index contributed by atoms with van der Waals surface area (Å²) in [6.07, 6.45) is -0.0694. The lowest BCUT2D eigenvalue weighted by atomic mass is 10.1. The molecule has 2 N–H and O–H groups in total. The smallest absolute Gasteiger partial charge is 0.337 e. The fourth-order valence-corrected chi connectivity index (χ4v) is 2.09. The van der Waals surface area contributed by atoms with Crippen LogP contribution in [0, 0.1) is 5.82 Å². The van der Waals surface area contributed by atoms with Gasteiger partial charge in [-0.3, -0.25) is 0 Å². The Morgan fingerprint density at radius 3 is 3.11 bits per heavy atom. The highest BCUT2D eigenvalue weighted by Crippen LogP contribution is 2.20. The van der Waals surface area contributed by atoms with E-state index in [1.807, 2.05) is 7.05 Å². The number of halogens is 1. The lowest BCUT2D eigenvalue weighted by Gasteiger charge is -2.30. The average molecular weight is 268 g/mol. The van der Waals surface area contributed by atoms with E-state index in [-0.39, 0.29) is 17.4 Å². The highest BCUT2D eigenvalue weighted by atomic mass is 19.1. The highest BCUT2D eigenvalue weighted by molar-refractivity contribution is 5.94. The fraction of sp³-hybridized carbons (Fsp3) is 0.462. The quantitative estimate of drug-likeness (QED) is 0.861. The zero-order valence-corrected chi connectivity index (χ0v) is 10.7. The van der Waals surface area contributed by atoms with Crippen LogP contribution in [0.4, 0.5) is 10.1 Å². The lowest BCUT2D eigenvalue weighted by molar-refractivity contribution is -0.0117. The molecule has 1 aromatic rings. The molecule has 2 rings (SSSR count). The van der Waals surface area contributed by atoms with Gasteiger partial charge in [0.2, 0.25) is 0 Å². The second-order valence-corrected chi connectivity index (χ2v) is 4.60. The largest absolute Gasteiger partial charge is 0.478 e. The number of likely N-dealkylation sites (N-methyl/N-ethyl adjacent to an activating group) is 1. The molecule has 1 heterocycles. The molecule has 0 bridgehead atoms. The van der Waals surface area contributed by atoms with Crippen molar-refractivity contribution in [1.29, 1.82) is 0 Å². The monoisotopic (exact) mass is 268 g/mol. The summed E-state index contributed by atoms with van der Waals surface area (Å²) in [4.78, 5) is 13.2. The third-order valence-corrected chi connectivity index (χ3v) is 3.09. The maximum absolute atomic E-state index is 13.7. The van der Waals surface area contributed by atoms with Crippen molar-refractivity contribution in [3.8, 4) is 0 Å². The van der Waals surface area contributed by atoms with Crippen molar-refractivity contribution in [2.45, 2.75) is 6.10 Å². The molecule has 0 saturated carbocycles. The van der Waals surface area contributed by atoms with Crippen molar-refractivity contribution < 1.29 is 19.0 Å². The van der Waals surface area contributed by atoms with Crippen LogP contribution in [0.1, 0.15) is 10.4 Å². The van der Waals surface area contributed by atoms with Gasteiger partial charge in [-0.25, -0.2) is 9.18 Å². The molecule has 0 radical (unpaired) electrons. The number of aromatic carboxylic acids is 1. The van der Waals surface area contributed by atoms with Gasteiger partial charge in [0.05, 0.1) is 24.0 Å². The molecular formula is C13H17FN2O3. The second kappa shape index (κ2) is 5.99. The number of anilines is 1. The van der Waals surface area contributed by atoms with Gasteiger partial charge in [-0.1, -0.05) is 6.07 Å². The van der Waals surface area contributed by atoms with E-state index in [2.05, 4.69) is 10.2 Å². The molecule has 1 unspecified atom stereocenters. The molecule has 5 nitrogen and oxygen atoms in total. The number of hydrogen-bond donors (Lipinski definition) is 2. The Kier molecular flexibility index (Phi) is 4.34. The molecule has 1 aromatic carbocycles. The maximum atomic E-state index is 13.7. The second-order valence-electron chi connectivity index (χ2n) is 4.60. The van der Waals surface area contributed by atoms with Crippen molar-refractivity contribution in [3.05, 3.63) is 29.6 Å². The summed E-state index contributed by atoms with van der Waals surface area (Å²) in [5.41, 5.74) is -0.0454. The van der Waals surface area contributed by atoms with E-state index < -0.39 is 11.8 Å². The Balaban J connectivity index is 2.04. The summed E-state index contributed by atoms with van der Waals surface area (Å²) in [6.45, 7) is 2.62. The standard InChI is InChI=1S/C13H17FN2O3/c1-16-5-6-19-9(8-16)7-15-12-10(13(17)18)3-2-4-11(12)14/h2-4,9,15H,5-8H2,1H3,(H,17,18). The Hall–Kier alpha value is -1.66. The molecule has 6 heteroatoms. The number of carbonyl (C=O) groups is 1. The summed E-state index contributed by atoms with van der Waals surface area (Å²) < 4.78 is 19.2. The van der Waals surface area contributed by atoms with Crippen LogP contribution >= 0.6 is 0 Å². The third-order valence-electron chi connectivity index (χ3n) is 3.09. The molecule has 0 amide bonds. The normalized spacial score (nSPS) is 20.2. The number of carboxylic acids is 1. The van der Waals surface area contributed by atoms with Crippen molar-refractivity contribution in [2.75, 3.05) is 38.6 Å². The molecule has 1 fully saturated rings. The first-order chi connectivity index (χ1) is 9.08. The van der Waals surface area contributed by atoms with Crippen LogP contribution in [0.15, 0.2) is 18.2 Å². The predicted octanol–water partition coefficient (Wildman–Crippen LogP) is 1.27. The molecule has 1 aliphatic heterocycles. The van der Waals surface area contributed by atoms with E-state index in [9.17, 15) is 9.18 Å². The SMILES string of the molecule is CN1CCOC(CNc2c(F)cccc2C(=O)O)C1. The molecular weight excluding hydrogens is 251 g/mol. The average Bonchev–Trinajstić information content (AvgIpc) is 2.37. The summed E-state index contributed by atoms with van der Waals surface area (Å²) in [7, 11) is 1.99. The van der Waals surface area contributed by atoms with Gasteiger partial charge in [-0.2, -0.15) is 0 Å². The highest BCUT2D eigenvalue weighted by Gasteiger charge is 2.19. The number of rotatable bonds is 4. The first-order valence-electron chi connectivity index (χ1n) is 6.13. The number of morpholine rings is 1. The van der Waals surface area contributed by atoms with Crippen molar-refractivity contribution in [3.63, 3.8) is 0 Å². The van der Waals surface area contributed by atoms with Gasteiger partial charge in [0.1, 0.15) is 5.82 Å². The molecule has 0 aromatic heterocycles. The van der Waals surface area contributed by atoms with Gasteiger partial charge < -0.3 is 20.1 Å². The van der Waals surface area contributed by atoms with Gasteiger partial charge in [0.25, 0.3) is 0 Å². The van der Waals surface area contributed by atoms with E-state index >= 15 is 0 Å². The van der Waals surface area contributed by atoms with Crippen LogP contribution < -0.4 is 5.32 Å². The first kappa shape index (κ1) is 13.8. The Morgan fingerprint density at radius 2 is 2.42 bits per heavy atom. The predicted molar refractivity (Wildman–Crippen MR) is 69.1 cm³/mol. The van der Waals surface area contributed by atoms with Crippen molar-refractivity contribution in [1.82, 2.24) is 4.90 Å². The summed E-state index contributed by atoms with van der Waals surface area (Å²) >= 11 is 0. The van der Waals surface area contributed by atoms with E-state index in [0.29, 0.717) is 13.2 Å². The van der Waals surface area contributed by atoms with Gasteiger partial charge in [0, 0.05) is 19.6 Å². The molecule has 1 saturated heterocycles. The molecule has 19 heavy (non-hydrogen) atoms. The minimum absolute atomic E-state index is 0.0202. The summed E-state index contributed by atoms with van der Waals surface area (Å²) in [6, 6.07) is 4.00. The number of nitrogens with zero attached hydrogens (tertiary/aromatic N) is 1. The topological polar surface area (TPSA) is 61.8 Å². The summed E-state index contributed by atoms with van der Waals surface area (Å²) in [5.74, 6) is -1.72.